The minimum absolute atomic E-state index is 0.0229. The van der Waals surface area contributed by atoms with Gasteiger partial charge >= 0.3 is 0 Å². The Bertz CT molecular complexity index is 856. The number of amides is 1. The first kappa shape index (κ1) is 16.3. The van der Waals surface area contributed by atoms with E-state index in [1.54, 1.807) is 29.4 Å². The van der Waals surface area contributed by atoms with E-state index in [0.29, 0.717) is 49.6 Å². The van der Waals surface area contributed by atoms with Crippen LogP contribution in [0.1, 0.15) is 35.9 Å². The number of nitriles is 1. The molecule has 1 amide bonds. The zero-order chi connectivity index (χ0) is 17.9. The molecule has 1 saturated carbocycles. The van der Waals surface area contributed by atoms with Crippen LogP contribution >= 0.6 is 0 Å². The van der Waals surface area contributed by atoms with E-state index in [-0.39, 0.29) is 5.91 Å². The van der Waals surface area contributed by atoms with Gasteiger partial charge in [-0.25, -0.2) is 4.98 Å². The normalized spacial score (nSPS) is 17.5. The van der Waals surface area contributed by atoms with Crippen LogP contribution in [0.15, 0.2) is 35.0 Å². The number of rotatable bonds is 4. The van der Waals surface area contributed by atoms with E-state index in [0.717, 1.165) is 18.4 Å². The van der Waals surface area contributed by atoms with Gasteiger partial charge in [0.25, 0.3) is 0 Å². The molecule has 7 nitrogen and oxygen atoms in total. The summed E-state index contributed by atoms with van der Waals surface area (Å²) >= 11 is 0. The van der Waals surface area contributed by atoms with Gasteiger partial charge in [-0.1, -0.05) is 6.07 Å². The summed E-state index contributed by atoms with van der Waals surface area (Å²) in [6.07, 6.45) is 8.92. The molecular formula is C19H19N5O2. The molecule has 1 aliphatic carbocycles. The number of pyridine rings is 1. The second kappa shape index (κ2) is 7.00. The van der Waals surface area contributed by atoms with Crippen LogP contribution in [-0.4, -0.2) is 47.0 Å². The van der Waals surface area contributed by atoms with Crippen LogP contribution in [0.3, 0.4) is 0 Å². The number of hydrogen-bond donors (Lipinski definition) is 0. The fraction of sp³-hybridized carbons (Fsp3) is 0.368. The fourth-order valence-electron chi connectivity index (χ4n) is 3.00. The number of piperazine rings is 1. The summed E-state index contributed by atoms with van der Waals surface area (Å²) < 4.78 is 5.84. The van der Waals surface area contributed by atoms with Gasteiger partial charge in [0.2, 0.25) is 23.4 Å². The van der Waals surface area contributed by atoms with Gasteiger partial charge in [-0.3, -0.25) is 9.78 Å². The summed E-state index contributed by atoms with van der Waals surface area (Å²) in [5.41, 5.74) is 1.25. The molecule has 0 N–H and O–H groups in total. The average Bonchev–Trinajstić information content (AvgIpc) is 3.46. The third kappa shape index (κ3) is 3.45. The number of carbonyl (C=O) groups is 1. The lowest BCUT2D eigenvalue weighted by Crippen LogP contribution is -2.48. The summed E-state index contributed by atoms with van der Waals surface area (Å²) in [6, 6.07) is 5.86. The van der Waals surface area contributed by atoms with E-state index < -0.39 is 0 Å². The Morgan fingerprint density at radius 1 is 1.31 bits per heavy atom. The minimum atomic E-state index is -0.0229. The highest BCUT2D eigenvalue weighted by molar-refractivity contribution is 5.91. The van der Waals surface area contributed by atoms with Crippen molar-refractivity contribution in [1.82, 2.24) is 14.9 Å². The molecule has 26 heavy (non-hydrogen) atoms. The van der Waals surface area contributed by atoms with E-state index in [1.165, 1.54) is 0 Å². The second-order valence-electron chi connectivity index (χ2n) is 6.52. The average molecular weight is 349 g/mol. The van der Waals surface area contributed by atoms with Crippen LogP contribution in [-0.2, 0) is 4.79 Å². The predicted molar refractivity (Wildman–Crippen MR) is 95.3 cm³/mol. The van der Waals surface area contributed by atoms with Gasteiger partial charge in [-0.15, -0.1) is 0 Å². The Balaban J connectivity index is 1.37. The van der Waals surface area contributed by atoms with Crippen molar-refractivity contribution in [2.45, 2.75) is 18.8 Å². The minimum Gasteiger partial charge on any atom is -0.423 e. The van der Waals surface area contributed by atoms with Gasteiger partial charge < -0.3 is 14.2 Å². The molecule has 2 aromatic heterocycles. The van der Waals surface area contributed by atoms with E-state index >= 15 is 0 Å². The number of hydrogen-bond acceptors (Lipinski definition) is 6. The molecule has 7 heteroatoms. The van der Waals surface area contributed by atoms with Gasteiger partial charge in [0.15, 0.2) is 0 Å². The standard InChI is InChI=1S/C19H19N5O2/c20-12-16-19(26-18(22-16)15-4-5-15)24-10-8-23(9-11-24)17(25)6-3-14-2-1-7-21-13-14/h1-3,6-7,13,15H,4-5,8-11H2. The summed E-state index contributed by atoms with van der Waals surface area (Å²) in [7, 11) is 0. The predicted octanol–water partition coefficient (Wildman–Crippen LogP) is 2.18. The molecule has 2 aliphatic rings. The molecular weight excluding hydrogens is 330 g/mol. The van der Waals surface area contributed by atoms with Gasteiger partial charge in [-0.2, -0.15) is 5.26 Å². The van der Waals surface area contributed by atoms with Crippen LogP contribution in [0.4, 0.5) is 5.88 Å². The first-order valence-corrected chi connectivity index (χ1v) is 8.77. The number of aromatic nitrogens is 2. The van der Waals surface area contributed by atoms with Gasteiger partial charge in [-0.05, 0) is 30.5 Å². The molecule has 0 bridgehead atoms. The Labute approximate surface area is 151 Å². The molecule has 4 rings (SSSR count). The fourth-order valence-corrected chi connectivity index (χ4v) is 3.00. The zero-order valence-corrected chi connectivity index (χ0v) is 14.3. The van der Waals surface area contributed by atoms with Gasteiger partial charge in [0, 0.05) is 50.6 Å². The lowest BCUT2D eigenvalue weighted by atomic mass is 10.2. The zero-order valence-electron chi connectivity index (χ0n) is 14.3. The van der Waals surface area contributed by atoms with Gasteiger partial charge in [0.1, 0.15) is 6.07 Å². The molecule has 2 fully saturated rings. The van der Waals surface area contributed by atoms with Crippen molar-refractivity contribution in [2.75, 3.05) is 31.1 Å². The molecule has 1 aliphatic heterocycles. The van der Waals surface area contributed by atoms with Crippen molar-refractivity contribution in [2.24, 2.45) is 0 Å². The summed E-state index contributed by atoms with van der Waals surface area (Å²) in [5.74, 6) is 1.57. The third-order valence-electron chi connectivity index (χ3n) is 4.64. The largest absolute Gasteiger partial charge is 0.423 e. The highest BCUT2D eigenvalue weighted by atomic mass is 16.4. The maximum Gasteiger partial charge on any atom is 0.246 e. The molecule has 0 radical (unpaired) electrons. The first-order valence-electron chi connectivity index (χ1n) is 8.77. The van der Waals surface area contributed by atoms with Crippen LogP contribution < -0.4 is 4.90 Å². The highest BCUT2D eigenvalue weighted by Gasteiger charge is 2.32. The van der Waals surface area contributed by atoms with Crippen molar-refractivity contribution in [1.29, 1.82) is 5.26 Å². The molecule has 132 valence electrons. The summed E-state index contributed by atoms with van der Waals surface area (Å²) in [6.45, 7) is 2.42. The van der Waals surface area contributed by atoms with Crippen molar-refractivity contribution in [3.8, 4) is 6.07 Å². The Kier molecular flexibility index (Phi) is 4.40. The number of oxazole rings is 1. The highest BCUT2D eigenvalue weighted by Crippen LogP contribution is 2.41. The summed E-state index contributed by atoms with van der Waals surface area (Å²) in [5, 5.41) is 9.31. The maximum absolute atomic E-state index is 12.4. The van der Waals surface area contributed by atoms with Crippen LogP contribution in [0.25, 0.3) is 6.08 Å². The van der Waals surface area contributed by atoms with Crippen molar-refractivity contribution < 1.29 is 9.21 Å². The second-order valence-corrected chi connectivity index (χ2v) is 6.52. The van der Waals surface area contributed by atoms with E-state index in [9.17, 15) is 10.1 Å². The topological polar surface area (TPSA) is 86.3 Å². The molecule has 1 saturated heterocycles. The lowest BCUT2D eigenvalue weighted by Gasteiger charge is -2.34. The number of nitrogens with zero attached hydrogens (tertiary/aromatic N) is 5. The molecule has 0 atom stereocenters. The summed E-state index contributed by atoms with van der Waals surface area (Å²) in [4.78, 5) is 24.5. The van der Waals surface area contributed by atoms with Crippen LogP contribution in [0, 0.1) is 11.3 Å². The smallest absolute Gasteiger partial charge is 0.246 e. The molecule has 2 aromatic rings. The number of carbonyl (C=O) groups excluding carboxylic acids is 1. The Morgan fingerprint density at radius 2 is 2.12 bits per heavy atom. The Hall–Kier alpha value is -3.14. The third-order valence-corrected chi connectivity index (χ3v) is 4.64. The van der Waals surface area contributed by atoms with Crippen molar-refractivity contribution >= 4 is 17.9 Å². The SMILES string of the molecule is N#Cc1nc(C2CC2)oc1N1CCN(C(=O)C=Cc2cccnc2)CC1. The van der Waals surface area contributed by atoms with Crippen LogP contribution in [0.2, 0.25) is 0 Å². The van der Waals surface area contributed by atoms with E-state index in [1.807, 2.05) is 17.0 Å². The van der Waals surface area contributed by atoms with Crippen molar-refractivity contribution in [3.05, 3.63) is 47.8 Å². The van der Waals surface area contributed by atoms with Crippen LogP contribution in [0.5, 0.6) is 0 Å². The Morgan fingerprint density at radius 3 is 2.77 bits per heavy atom. The number of anilines is 1. The lowest BCUT2D eigenvalue weighted by molar-refractivity contribution is -0.126. The maximum atomic E-state index is 12.4. The van der Waals surface area contributed by atoms with Gasteiger partial charge in [0.05, 0.1) is 0 Å². The molecule has 0 unspecified atom stereocenters. The van der Waals surface area contributed by atoms with Crippen molar-refractivity contribution in [3.63, 3.8) is 0 Å². The monoisotopic (exact) mass is 349 g/mol. The molecule has 0 aromatic carbocycles. The quantitative estimate of drug-likeness (QED) is 0.787. The van der Waals surface area contributed by atoms with E-state index in [4.69, 9.17) is 4.42 Å². The van der Waals surface area contributed by atoms with E-state index in [2.05, 4.69) is 16.0 Å². The molecule has 3 heterocycles. The molecule has 0 spiro atoms. The first-order chi connectivity index (χ1) is 12.7.